The number of rotatable bonds is 6. The molecule has 1 aromatic carbocycles. The number of nitrogens with zero attached hydrogens (tertiary/aromatic N) is 3. The van der Waals surface area contributed by atoms with E-state index in [1.165, 1.54) is 18.5 Å². The second-order valence-electron chi connectivity index (χ2n) is 7.88. The molecule has 0 bridgehead atoms. The van der Waals surface area contributed by atoms with Gasteiger partial charge in [-0.1, -0.05) is 18.2 Å². The van der Waals surface area contributed by atoms with Gasteiger partial charge >= 0.3 is 6.18 Å². The Morgan fingerprint density at radius 1 is 1.22 bits per heavy atom. The van der Waals surface area contributed by atoms with Crippen LogP contribution in [-0.4, -0.2) is 27.5 Å². The maximum Gasteiger partial charge on any atom is 0.416 e. The molecule has 1 aliphatic carbocycles. The van der Waals surface area contributed by atoms with E-state index in [1.807, 2.05) is 0 Å². The molecule has 166 valence electrons. The molecule has 2 unspecified atom stereocenters. The number of aromatic nitrogens is 3. The number of carbonyl (C=O) groups is 1. The zero-order valence-corrected chi connectivity index (χ0v) is 17.5. The molecule has 0 spiro atoms. The van der Waals surface area contributed by atoms with Crippen LogP contribution >= 0.6 is 0 Å². The fourth-order valence-corrected chi connectivity index (χ4v) is 3.80. The van der Waals surface area contributed by atoms with E-state index in [1.54, 1.807) is 38.2 Å². The number of anilines is 1. The molecule has 4 rings (SSSR count). The predicted octanol–water partition coefficient (Wildman–Crippen LogP) is 4.48. The number of alkyl halides is 3. The molecule has 3 aromatic rings. The minimum absolute atomic E-state index is 0.0205. The number of amides is 1. The van der Waals surface area contributed by atoms with Gasteiger partial charge in [0.2, 0.25) is 5.91 Å². The quantitative estimate of drug-likeness (QED) is 0.609. The molecule has 0 saturated heterocycles. The minimum atomic E-state index is -4.48. The van der Waals surface area contributed by atoms with Gasteiger partial charge in [0.05, 0.1) is 41.9 Å². The first-order chi connectivity index (χ1) is 15.2. The molecule has 0 aliphatic heterocycles. The average molecular weight is 442 g/mol. The lowest BCUT2D eigenvalue weighted by atomic mass is 9.92. The van der Waals surface area contributed by atoms with Crippen molar-refractivity contribution >= 4 is 11.6 Å². The van der Waals surface area contributed by atoms with Crippen molar-refractivity contribution in [2.75, 3.05) is 11.9 Å². The summed E-state index contributed by atoms with van der Waals surface area (Å²) in [6, 6.07) is 8.46. The first kappa shape index (κ1) is 21.7. The number of aryl methyl sites for hydroxylation is 2. The molecular formula is C23H21F3N4O2. The van der Waals surface area contributed by atoms with Crippen LogP contribution in [0, 0.1) is 19.8 Å². The van der Waals surface area contributed by atoms with Gasteiger partial charge < -0.3 is 10.1 Å². The van der Waals surface area contributed by atoms with Crippen LogP contribution in [0.25, 0.3) is 0 Å². The number of hydrogen-bond acceptors (Lipinski definition) is 5. The van der Waals surface area contributed by atoms with Crippen LogP contribution in [0.4, 0.5) is 18.9 Å². The molecule has 1 aliphatic rings. The lowest BCUT2D eigenvalue weighted by molar-refractivity contribution is -0.137. The molecule has 32 heavy (non-hydrogen) atoms. The van der Waals surface area contributed by atoms with E-state index < -0.39 is 23.1 Å². The van der Waals surface area contributed by atoms with Gasteiger partial charge in [-0.3, -0.25) is 9.78 Å². The zero-order chi connectivity index (χ0) is 22.9. The monoisotopic (exact) mass is 442 g/mol. The van der Waals surface area contributed by atoms with Gasteiger partial charge in [0.1, 0.15) is 5.82 Å². The first-order valence-corrected chi connectivity index (χ1v) is 10.0. The summed E-state index contributed by atoms with van der Waals surface area (Å²) >= 11 is 0. The maximum absolute atomic E-state index is 13.3. The largest absolute Gasteiger partial charge is 0.489 e. The maximum atomic E-state index is 13.3. The summed E-state index contributed by atoms with van der Waals surface area (Å²) in [6.45, 7) is 3.54. The minimum Gasteiger partial charge on any atom is -0.489 e. The molecule has 2 aromatic heterocycles. The molecule has 1 N–H and O–H groups in total. The fourth-order valence-electron chi connectivity index (χ4n) is 3.80. The van der Waals surface area contributed by atoms with Gasteiger partial charge in [0.15, 0.2) is 5.75 Å². The van der Waals surface area contributed by atoms with E-state index in [2.05, 4.69) is 20.3 Å². The Morgan fingerprint density at radius 3 is 2.72 bits per heavy atom. The van der Waals surface area contributed by atoms with Crippen LogP contribution in [0.15, 0.2) is 55.0 Å². The van der Waals surface area contributed by atoms with Crippen LogP contribution in [-0.2, 0) is 16.4 Å². The van der Waals surface area contributed by atoms with Crippen molar-refractivity contribution in [3.8, 4) is 5.75 Å². The first-order valence-electron chi connectivity index (χ1n) is 10.0. The van der Waals surface area contributed by atoms with Crippen LogP contribution in [0.2, 0.25) is 0 Å². The molecule has 6 nitrogen and oxygen atoms in total. The molecule has 1 fully saturated rings. The van der Waals surface area contributed by atoms with E-state index in [-0.39, 0.29) is 12.5 Å². The number of halogens is 3. The van der Waals surface area contributed by atoms with Crippen molar-refractivity contribution in [3.63, 3.8) is 0 Å². The SMILES string of the molecule is Cc1ncc(OCC2(c3cccc(C(F)(F)F)c3)CC2C(=O)Nc2cccnc2)c(C)n1. The standard InChI is InChI=1S/C23H21F3N4O2/c1-14-20(12-28-15(2)29-14)32-13-22(16-5-3-6-17(9-16)23(24,25)26)10-19(22)21(31)30-18-7-4-8-27-11-18/h3-9,11-12,19H,10,13H2,1-2H3,(H,30,31). The predicted molar refractivity (Wildman–Crippen MR) is 111 cm³/mol. The van der Waals surface area contributed by atoms with Crippen molar-refractivity contribution in [3.05, 3.63) is 77.6 Å². The number of ether oxygens (including phenoxy) is 1. The van der Waals surface area contributed by atoms with Gasteiger partial charge in [-0.15, -0.1) is 0 Å². The molecule has 1 saturated carbocycles. The van der Waals surface area contributed by atoms with Crippen molar-refractivity contribution in [2.45, 2.75) is 31.9 Å². The highest BCUT2D eigenvalue weighted by Crippen LogP contribution is 2.55. The van der Waals surface area contributed by atoms with Crippen molar-refractivity contribution in [1.82, 2.24) is 15.0 Å². The summed E-state index contributed by atoms with van der Waals surface area (Å²) in [5.74, 6) is 0.164. The normalized spacial score (nSPS) is 20.0. The van der Waals surface area contributed by atoms with Crippen LogP contribution in [0.5, 0.6) is 5.75 Å². The lowest BCUT2D eigenvalue weighted by Crippen LogP contribution is -2.27. The van der Waals surface area contributed by atoms with E-state index in [0.717, 1.165) is 12.1 Å². The Bertz CT molecular complexity index is 1140. The Hall–Kier alpha value is -3.49. The van der Waals surface area contributed by atoms with Gasteiger partial charge in [-0.05, 0) is 44.0 Å². The number of benzene rings is 1. The number of carbonyl (C=O) groups excluding carboxylic acids is 1. The van der Waals surface area contributed by atoms with Crippen LogP contribution in [0.3, 0.4) is 0 Å². The van der Waals surface area contributed by atoms with Crippen molar-refractivity contribution in [2.24, 2.45) is 5.92 Å². The summed E-state index contributed by atoms with van der Waals surface area (Å²) < 4.78 is 45.9. The summed E-state index contributed by atoms with van der Waals surface area (Å²) in [6.07, 6.45) is 0.494. The summed E-state index contributed by atoms with van der Waals surface area (Å²) in [7, 11) is 0. The fraction of sp³-hybridized carbons (Fsp3) is 0.304. The Balaban J connectivity index is 1.62. The van der Waals surface area contributed by atoms with Gasteiger partial charge in [0, 0.05) is 11.6 Å². The smallest absolute Gasteiger partial charge is 0.416 e. The lowest BCUT2D eigenvalue weighted by Gasteiger charge is -2.21. The van der Waals surface area contributed by atoms with E-state index in [4.69, 9.17) is 4.74 Å². The van der Waals surface area contributed by atoms with Gasteiger partial charge in [-0.25, -0.2) is 9.97 Å². The summed E-state index contributed by atoms with van der Waals surface area (Å²) in [4.78, 5) is 25.3. The highest BCUT2D eigenvalue weighted by atomic mass is 19.4. The third-order valence-electron chi connectivity index (χ3n) is 5.63. The highest BCUT2D eigenvalue weighted by Gasteiger charge is 2.60. The molecule has 2 heterocycles. The van der Waals surface area contributed by atoms with Gasteiger partial charge in [0.25, 0.3) is 0 Å². The van der Waals surface area contributed by atoms with Crippen molar-refractivity contribution < 1.29 is 22.7 Å². The number of hydrogen-bond donors (Lipinski definition) is 1. The van der Waals surface area contributed by atoms with Crippen LogP contribution in [0.1, 0.15) is 29.1 Å². The topological polar surface area (TPSA) is 77.0 Å². The van der Waals surface area contributed by atoms with Crippen LogP contribution < -0.4 is 10.1 Å². The average Bonchev–Trinajstić information content (AvgIpc) is 3.49. The number of pyridine rings is 1. The Kier molecular flexibility index (Phi) is 5.58. The number of nitrogens with one attached hydrogen (secondary N) is 1. The summed E-state index contributed by atoms with van der Waals surface area (Å²) in [5.41, 5.74) is -0.114. The molecule has 0 radical (unpaired) electrons. The second-order valence-corrected chi connectivity index (χ2v) is 7.88. The third-order valence-corrected chi connectivity index (χ3v) is 5.63. The molecule has 2 atom stereocenters. The molecule has 9 heteroatoms. The van der Waals surface area contributed by atoms with Crippen molar-refractivity contribution in [1.29, 1.82) is 0 Å². The summed E-state index contributed by atoms with van der Waals surface area (Å²) in [5, 5.41) is 2.79. The van der Waals surface area contributed by atoms with E-state index >= 15 is 0 Å². The van der Waals surface area contributed by atoms with E-state index in [9.17, 15) is 18.0 Å². The Labute approximate surface area is 182 Å². The second kappa shape index (κ2) is 8.22. The Morgan fingerprint density at radius 2 is 2.03 bits per heavy atom. The molecule has 1 amide bonds. The van der Waals surface area contributed by atoms with E-state index in [0.29, 0.717) is 34.9 Å². The van der Waals surface area contributed by atoms with Gasteiger partial charge in [-0.2, -0.15) is 13.2 Å². The third kappa shape index (κ3) is 4.42. The highest BCUT2D eigenvalue weighted by molar-refractivity contribution is 5.96. The molecular weight excluding hydrogens is 421 g/mol. The zero-order valence-electron chi connectivity index (χ0n) is 17.5.